The highest BCUT2D eigenvalue weighted by molar-refractivity contribution is 5.92. The van der Waals surface area contributed by atoms with Gasteiger partial charge in [-0.25, -0.2) is 19.6 Å². The number of carboxylic acid groups (broad SMARTS) is 1. The van der Waals surface area contributed by atoms with Crippen LogP contribution in [0.5, 0.6) is 0 Å². The Labute approximate surface area is 530 Å². The molecule has 3 aliphatic rings. The van der Waals surface area contributed by atoms with E-state index in [9.17, 15) is 38.4 Å². The molecule has 7 aromatic rings. The minimum absolute atomic E-state index is 0.00306. The average molecular weight is 1240 g/mol. The predicted molar refractivity (Wildman–Crippen MR) is 342 cm³/mol. The smallest absolute Gasteiger partial charge is 0.410 e. The van der Waals surface area contributed by atoms with E-state index in [1.807, 2.05) is 137 Å². The molecule has 1 aliphatic carbocycles. The van der Waals surface area contributed by atoms with Crippen LogP contribution in [-0.4, -0.2) is 136 Å². The fourth-order valence-corrected chi connectivity index (χ4v) is 11.4. The molecule has 6 heterocycles. The number of amides is 7. The topological polar surface area (TPSA) is 276 Å². The van der Waals surface area contributed by atoms with Gasteiger partial charge in [-0.05, 0) is 140 Å². The van der Waals surface area contributed by atoms with Crippen molar-refractivity contribution in [2.75, 3.05) is 13.1 Å². The van der Waals surface area contributed by atoms with Crippen LogP contribution in [0, 0.1) is 5.92 Å². The molecule has 0 spiro atoms. The Hall–Kier alpha value is -9.60. The number of pyridine rings is 2. The molecule has 0 radical (unpaired) electrons. The predicted octanol–water partition coefficient (Wildman–Crippen LogP) is 8.66. The second-order valence-corrected chi connectivity index (χ2v) is 25.5. The largest absolute Gasteiger partial charge is 0.480 e. The van der Waals surface area contributed by atoms with Gasteiger partial charge < -0.3 is 50.0 Å². The monoisotopic (exact) mass is 1240 g/mol. The van der Waals surface area contributed by atoms with Gasteiger partial charge in [0.1, 0.15) is 52.7 Å². The maximum absolute atomic E-state index is 13.3. The van der Waals surface area contributed by atoms with Crippen LogP contribution in [0.15, 0.2) is 152 Å². The molecule has 9 atom stereocenters. The van der Waals surface area contributed by atoms with Gasteiger partial charge in [-0.3, -0.25) is 38.6 Å². The zero-order valence-electron chi connectivity index (χ0n) is 53.2. The van der Waals surface area contributed by atoms with Crippen LogP contribution in [0.3, 0.4) is 0 Å². The van der Waals surface area contributed by atoms with Crippen molar-refractivity contribution >= 4 is 59.0 Å². The molecule has 482 valence electrons. The van der Waals surface area contributed by atoms with Gasteiger partial charge in [-0.1, -0.05) is 103 Å². The summed E-state index contributed by atoms with van der Waals surface area (Å²) in [6, 6.07) is 33.6. The van der Waals surface area contributed by atoms with Crippen molar-refractivity contribution in [1.82, 2.24) is 55.2 Å². The standard InChI is InChI=1S/C27H33N5O4.C23H26N4O2.C19H26N2O5/c1-18(24(33)29-15-19-10-11-23-28-12-13-31(23)16-19)30-25(34)22-14-21(20-8-6-5-7-9-20)17-32(22)26(35)36-27(2,3)4;1-16(22(28)25-14-17-7-10-21-24-11-12-27(21)15-17)26-23(29)20-9-8-19(13-20)18-5-3-2-4-6-18;1-12(17(23)24)20-16(22)15-10-14(13-8-6-5-7-9-13)11-21(15)18(25)26-19(2,3)4/h5-13,16,18,21-22H,14-15,17H2,1-4H3,(H,29,33)(H,30,34);2-7,10-12,15-16,19-20H,8-9,13-14H2,1H3,(H,25,28)(H,26,29);5-9,12,14-15H,10-11H2,1-4H3,(H,20,22)(H,23,24)/t18-,21-,22+;16-,19+,20+;12-,14-,15+/m000/s1. The number of benzene rings is 3. The first kappa shape index (κ1) is 67.3. The lowest BCUT2D eigenvalue weighted by molar-refractivity contribution is -0.141. The first-order chi connectivity index (χ1) is 43.3. The van der Waals surface area contributed by atoms with E-state index in [-0.39, 0.29) is 41.4 Å². The van der Waals surface area contributed by atoms with Gasteiger partial charge in [0, 0.05) is 81.1 Å². The maximum atomic E-state index is 13.3. The number of carbonyl (C=O) groups excluding carboxylic acids is 7. The number of fused-ring (bicyclic) bond motifs is 2. The summed E-state index contributed by atoms with van der Waals surface area (Å²) in [6.45, 7) is 16.9. The van der Waals surface area contributed by atoms with Crippen molar-refractivity contribution in [1.29, 1.82) is 0 Å². The van der Waals surface area contributed by atoms with E-state index in [2.05, 4.69) is 48.7 Å². The van der Waals surface area contributed by atoms with Crippen molar-refractivity contribution < 1.29 is 52.9 Å². The van der Waals surface area contributed by atoms with Gasteiger partial charge in [0.05, 0.1) is 0 Å². The molecular formula is C69H85N11O11. The fraction of sp³-hybridized carbons (Fsp3) is 0.420. The number of nitrogens with zero attached hydrogens (tertiary/aromatic N) is 6. The number of carbonyl (C=O) groups is 8. The molecule has 3 fully saturated rings. The number of imidazole rings is 2. The van der Waals surface area contributed by atoms with E-state index in [4.69, 9.17) is 14.6 Å². The molecule has 91 heavy (non-hydrogen) atoms. The molecule has 10 rings (SSSR count). The van der Waals surface area contributed by atoms with Gasteiger partial charge in [0.25, 0.3) is 0 Å². The number of ether oxygens (including phenoxy) is 2. The number of hydrogen-bond acceptors (Lipinski definition) is 12. The minimum Gasteiger partial charge on any atom is -0.480 e. The van der Waals surface area contributed by atoms with Crippen LogP contribution in [-0.2, 0) is 51.3 Å². The number of aliphatic carboxylic acids is 1. The number of aromatic nitrogens is 4. The minimum atomic E-state index is -1.13. The summed E-state index contributed by atoms with van der Waals surface area (Å²) in [5.41, 5.74) is 5.59. The van der Waals surface area contributed by atoms with Crippen LogP contribution in [0.1, 0.15) is 140 Å². The van der Waals surface area contributed by atoms with Crippen molar-refractivity contribution in [2.45, 2.75) is 167 Å². The Morgan fingerprint density at radius 2 is 0.890 bits per heavy atom. The van der Waals surface area contributed by atoms with Crippen LogP contribution in [0.4, 0.5) is 9.59 Å². The zero-order chi connectivity index (χ0) is 65.6. The van der Waals surface area contributed by atoms with Crippen molar-refractivity contribution in [3.05, 3.63) is 180 Å². The Morgan fingerprint density at radius 3 is 1.29 bits per heavy atom. The molecule has 2 aliphatic heterocycles. The number of hydrogen-bond donors (Lipinski definition) is 6. The molecule has 7 amide bonds. The van der Waals surface area contributed by atoms with Gasteiger partial charge >= 0.3 is 18.2 Å². The van der Waals surface area contributed by atoms with Crippen molar-refractivity contribution in [3.8, 4) is 0 Å². The Morgan fingerprint density at radius 1 is 0.505 bits per heavy atom. The molecular weight excluding hydrogens is 1160 g/mol. The van der Waals surface area contributed by atoms with E-state index >= 15 is 0 Å². The third-order valence-corrected chi connectivity index (χ3v) is 16.1. The summed E-state index contributed by atoms with van der Waals surface area (Å²) in [5.74, 6) is -2.11. The second-order valence-electron chi connectivity index (χ2n) is 25.5. The van der Waals surface area contributed by atoms with Gasteiger partial charge in [-0.2, -0.15) is 0 Å². The summed E-state index contributed by atoms with van der Waals surface area (Å²) >= 11 is 0. The Kier molecular flexibility index (Phi) is 22.4. The zero-order valence-corrected chi connectivity index (χ0v) is 53.2. The van der Waals surface area contributed by atoms with Crippen molar-refractivity contribution in [3.63, 3.8) is 0 Å². The van der Waals surface area contributed by atoms with Crippen LogP contribution in [0.25, 0.3) is 11.3 Å². The Bertz CT molecular complexity index is 3640. The summed E-state index contributed by atoms with van der Waals surface area (Å²) in [5, 5.41) is 22.9. The third kappa shape index (κ3) is 19.0. The first-order valence-corrected chi connectivity index (χ1v) is 31.0. The molecule has 0 bridgehead atoms. The normalized spacial score (nSPS) is 19.7. The van der Waals surface area contributed by atoms with Crippen LogP contribution >= 0.6 is 0 Å². The molecule has 1 saturated carbocycles. The number of nitrogens with one attached hydrogen (secondary N) is 5. The van der Waals surface area contributed by atoms with Gasteiger partial charge in [0.2, 0.25) is 29.5 Å². The quantitative estimate of drug-likeness (QED) is 0.0529. The third-order valence-electron chi connectivity index (χ3n) is 16.1. The molecule has 22 nitrogen and oxygen atoms in total. The highest BCUT2D eigenvalue weighted by Crippen LogP contribution is 2.39. The highest BCUT2D eigenvalue weighted by atomic mass is 16.6. The van der Waals surface area contributed by atoms with Crippen LogP contribution in [0.2, 0.25) is 0 Å². The highest BCUT2D eigenvalue weighted by Gasteiger charge is 2.44. The Balaban J connectivity index is 0.000000179. The first-order valence-electron chi connectivity index (χ1n) is 31.0. The average Bonchev–Trinajstić information content (AvgIpc) is 1.91. The van der Waals surface area contributed by atoms with Gasteiger partial charge in [0.15, 0.2) is 0 Å². The molecule has 0 unspecified atom stereocenters. The SMILES string of the molecule is C[C@H](NC(=O)[C@@H]1CC[C@@H](c2ccccc2)C1)C(=O)NCc1ccc2nccn2c1.C[C@H](NC(=O)[C@H]1C[C@H](c2ccccc2)CN1C(=O)OC(C)(C)C)C(=O)NCc1ccc2nccn2c1.C[C@H](NC(=O)[C@H]1C[C@H](c2ccccc2)CN1C(=O)OC(C)(C)C)C(=O)O. The molecule has 6 N–H and O–H groups in total. The van der Waals surface area contributed by atoms with Crippen LogP contribution < -0.4 is 26.6 Å². The molecule has 22 heteroatoms. The molecule has 4 aromatic heterocycles. The fourth-order valence-electron chi connectivity index (χ4n) is 11.4. The van der Waals surface area contributed by atoms with E-state index in [1.165, 1.54) is 22.3 Å². The lowest BCUT2D eigenvalue weighted by Gasteiger charge is -2.28. The summed E-state index contributed by atoms with van der Waals surface area (Å²) in [4.78, 5) is 111. The summed E-state index contributed by atoms with van der Waals surface area (Å²) in [6.07, 6.45) is 13.5. The van der Waals surface area contributed by atoms with Crippen molar-refractivity contribution in [2.24, 2.45) is 5.92 Å². The van der Waals surface area contributed by atoms with E-state index < -0.39 is 65.5 Å². The number of likely N-dealkylation sites (tertiary alicyclic amines) is 2. The van der Waals surface area contributed by atoms with E-state index in [0.29, 0.717) is 44.9 Å². The lowest BCUT2D eigenvalue weighted by Crippen LogP contribution is -2.52. The van der Waals surface area contributed by atoms with E-state index in [0.717, 1.165) is 52.8 Å². The summed E-state index contributed by atoms with van der Waals surface area (Å²) < 4.78 is 14.8. The maximum Gasteiger partial charge on any atom is 0.410 e. The van der Waals surface area contributed by atoms with E-state index in [1.54, 1.807) is 67.8 Å². The molecule has 3 aromatic carbocycles. The van der Waals surface area contributed by atoms with Gasteiger partial charge in [-0.15, -0.1) is 0 Å². The number of carboxylic acids is 1. The lowest BCUT2D eigenvalue weighted by atomic mass is 9.96. The number of rotatable bonds is 16. The molecule has 2 saturated heterocycles. The second kappa shape index (κ2) is 30.3. The summed E-state index contributed by atoms with van der Waals surface area (Å²) in [7, 11) is 0.